The molecule has 0 spiro atoms. The summed E-state index contributed by atoms with van der Waals surface area (Å²) < 4.78 is 5.87. The number of aromatic nitrogens is 1. The summed E-state index contributed by atoms with van der Waals surface area (Å²) in [6.45, 7) is 8.95. The molecule has 39 heavy (non-hydrogen) atoms. The number of carbonyl (C=O) groups is 3. The first-order valence-corrected chi connectivity index (χ1v) is 14.1. The lowest BCUT2D eigenvalue weighted by atomic mass is 10.0. The fraction of sp³-hybridized carbons (Fsp3) is 0.533. The lowest BCUT2D eigenvalue weighted by Crippen LogP contribution is -2.58. The standard InChI is InChI=1S/C30H41N5O4/c1-19(2)28-29(37)32-20(3)18-35-14-8-10-26(34-35)30(38)39-21(4)22-12-13-23-17-31-25(16-24(23)15-22)9-6-5-7-11-27(36)33-28/h6,9,12-13,15-17,19-21,26,28,34H,5,7-8,10-11,14,18H2,1-4H3,(H,32,37)(H,33,36). The summed E-state index contributed by atoms with van der Waals surface area (Å²) in [7, 11) is 0. The van der Waals surface area contributed by atoms with Crippen LogP contribution < -0.4 is 16.1 Å². The number of ether oxygens (including phenoxy) is 1. The van der Waals surface area contributed by atoms with Gasteiger partial charge in [-0.2, -0.15) is 0 Å². The minimum absolute atomic E-state index is 0.0522. The van der Waals surface area contributed by atoms with E-state index in [0.29, 0.717) is 25.8 Å². The molecule has 5 atom stereocenters. The van der Waals surface area contributed by atoms with Crippen LogP contribution in [0.1, 0.15) is 77.2 Å². The maximum atomic E-state index is 13.1. The van der Waals surface area contributed by atoms with Gasteiger partial charge in [0.1, 0.15) is 18.2 Å². The van der Waals surface area contributed by atoms with E-state index in [-0.39, 0.29) is 29.7 Å². The van der Waals surface area contributed by atoms with Gasteiger partial charge in [-0.15, -0.1) is 0 Å². The van der Waals surface area contributed by atoms with Crippen LogP contribution in [0.2, 0.25) is 0 Å². The monoisotopic (exact) mass is 535 g/mol. The van der Waals surface area contributed by atoms with Crippen molar-refractivity contribution in [1.82, 2.24) is 26.1 Å². The summed E-state index contributed by atoms with van der Waals surface area (Å²) in [5, 5.41) is 9.96. The van der Waals surface area contributed by atoms with Crippen molar-refractivity contribution in [3.8, 4) is 0 Å². The first-order valence-electron chi connectivity index (χ1n) is 14.1. The van der Waals surface area contributed by atoms with Crippen LogP contribution in [0.5, 0.6) is 0 Å². The van der Waals surface area contributed by atoms with Gasteiger partial charge in [-0.25, -0.2) is 10.4 Å². The molecule has 2 aliphatic rings. The van der Waals surface area contributed by atoms with Gasteiger partial charge in [-0.3, -0.25) is 19.4 Å². The van der Waals surface area contributed by atoms with Crippen molar-refractivity contribution in [3.05, 3.63) is 47.8 Å². The van der Waals surface area contributed by atoms with Gasteiger partial charge in [0.25, 0.3) is 0 Å². The largest absolute Gasteiger partial charge is 0.457 e. The second-order valence-electron chi connectivity index (χ2n) is 11.1. The Morgan fingerprint density at radius 1 is 1.05 bits per heavy atom. The van der Waals surface area contributed by atoms with Crippen molar-refractivity contribution >= 4 is 34.6 Å². The minimum Gasteiger partial charge on any atom is -0.457 e. The highest BCUT2D eigenvalue weighted by Gasteiger charge is 2.30. The third kappa shape index (κ3) is 7.86. The molecule has 1 fully saturated rings. The predicted octanol–water partition coefficient (Wildman–Crippen LogP) is 3.65. The van der Waals surface area contributed by atoms with Crippen LogP contribution in [-0.4, -0.2) is 59.0 Å². The summed E-state index contributed by atoms with van der Waals surface area (Å²) in [4.78, 5) is 43.2. The first-order chi connectivity index (χ1) is 18.7. The van der Waals surface area contributed by atoms with E-state index in [2.05, 4.69) is 21.0 Å². The fourth-order valence-corrected chi connectivity index (χ4v) is 5.07. The molecular formula is C30H41N5O4. The van der Waals surface area contributed by atoms with Crippen LogP contribution in [0, 0.1) is 5.92 Å². The van der Waals surface area contributed by atoms with Gasteiger partial charge < -0.3 is 15.4 Å². The summed E-state index contributed by atoms with van der Waals surface area (Å²) in [5.74, 6) is -0.672. The Kier molecular flexibility index (Phi) is 9.69. The Morgan fingerprint density at radius 2 is 1.87 bits per heavy atom. The molecule has 3 N–H and O–H groups in total. The number of hydrogen-bond donors (Lipinski definition) is 3. The topological polar surface area (TPSA) is 113 Å². The Balaban J connectivity index is 1.55. The van der Waals surface area contributed by atoms with Gasteiger partial charge in [0, 0.05) is 37.1 Å². The Bertz CT molecular complexity index is 1210. The van der Waals surface area contributed by atoms with Crippen LogP contribution in [-0.2, 0) is 19.1 Å². The summed E-state index contributed by atoms with van der Waals surface area (Å²) in [6, 6.07) is 6.78. The number of allylic oxidation sites excluding steroid dienone is 1. The van der Waals surface area contributed by atoms with Crippen molar-refractivity contribution in [2.45, 2.75) is 84.0 Å². The zero-order valence-electron chi connectivity index (χ0n) is 23.4. The Labute approximate surface area is 230 Å². The lowest BCUT2D eigenvalue weighted by molar-refractivity contribution is -0.154. The molecule has 0 aliphatic carbocycles. The molecule has 0 saturated carbocycles. The molecule has 1 aromatic heterocycles. The second kappa shape index (κ2) is 13.2. The number of nitrogens with zero attached hydrogens (tertiary/aromatic N) is 2. The maximum absolute atomic E-state index is 13.1. The minimum atomic E-state index is -0.610. The molecule has 9 nitrogen and oxygen atoms in total. The number of cyclic esters (lactones) is 1. The molecule has 0 radical (unpaired) electrons. The van der Waals surface area contributed by atoms with E-state index in [4.69, 9.17) is 4.74 Å². The highest BCUT2D eigenvalue weighted by Crippen LogP contribution is 2.24. The van der Waals surface area contributed by atoms with Crippen LogP contribution in [0.15, 0.2) is 36.5 Å². The number of benzene rings is 1. The van der Waals surface area contributed by atoms with Gasteiger partial charge in [-0.1, -0.05) is 32.1 Å². The summed E-state index contributed by atoms with van der Waals surface area (Å²) in [5.41, 5.74) is 5.03. The number of esters is 1. The predicted molar refractivity (Wildman–Crippen MR) is 151 cm³/mol. The molecule has 3 heterocycles. The number of amides is 2. The Hall–Kier alpha value is -3.30. The van der Waals surface area contributed by atoms with Crippen molar-refractivity contribution in [2.75, 3.05) is 13.1 Å². The number of pyridine rings is 1. The van der Waals surface area contributed by atoms with Gasteiger partial charge >= 0.3 is 5.97 Å². The third-order valence-electron chi connectivity index (χ3n) is 7.28. The SMILES string of the molecule is CC1CN2CCCC(N2)C(=O)OC(C)c2ccc3cnc(cc3c2)C=CCCCC(=O)NC(C(C)C)C(=O)N1. The maximum Gasteiger partial charge on any atom is 0.325 e. The van der Waals surface area contributed by atoms with Crippen LogP contribution >= 0.6 is 0 Å². The molecular weight excluding hydrogens is 494 g/mol. The molecule has 2 aliphatic heterocycles. The van der Waals surface area contributed by atoms with Crippen molar-refractivity contribution < 1.29 is 19.1 Å². The number of rotatable bonds is 1. The van der Waals surface area contributed by atoms with Crippen molar-refractivity contribution in [2.24, 2.45) is 5.92 Å². The van der Waals surface area contributed by atoms with Crippen LogP contribution in [0.25, 0.3) is 16.8 Å². The number of hydrogen-bond acceptors (Lipinski definition) is 7. The molecule has 210 valence electrons. The quantitative estimate of drug-likeness (QED) is 0.478. The van der Waals surface area contributed by atoms with E-state index in [0.717, 1.165) is 41.4 Å². The normalized spacial score (nSPS) is 27.8. The third-order valence-corrected chi connectivity index (χ3v) is 7.28. The molecule has 1 saturated heterocycles. The van der Waals surface area contributed by atoms with Gasteiger partial charge in [0.2, 0.25) is 11.8 Å². The molecule has 9 heteroatoms. The van der Waals surface area contributed by atoms with Crippen molar-refractivity contribution in [1.29, 1.82) is 0 Å². The van der Waals surface area contributed by atoms with Crippen LogP contribution in [0.4, 0.5) is 0 Å². The molecule has 5 unspecified atom stereocenters. The Morgan fingerprint density at radius 3 is 2.67 bits per heavy atom. The number of carbonyl (C=O) groups excluding carboxylic acids is 3. The van der Waals surface area contributed by atoms with E-state index in [1.165, 1.54) is 0 Å². The smallest absolute Gasteiger partial charge is 0.325 e. The zero-order chi connectivity index (χ0) is 27.9. The zero-order valence-corrected chi connectivity index (χ0v) is 23.4. The highest BCUT2D eigenvalue weighted by atomic mass is 16.5. The van der Waals surface area contributed by atoms with Gasteiger partial charge in [0.15, 0.2) is 0 Å². The van der Waals surface area contributed by atoms with Crippen LogP contribution in [0.3, 0.4) is 0 Å². The number of hydrazine groups is 1. The highest BCUT2D eigenvalue weighted by molar-refractivity contribution is 5.88. The average Bonchev–Trinajstić information content (AvgIpc) is 2.90. The fourth-order valence-electron chi connectivity index (χ4n) is 5.07. The van der Waals surface area contributed by atoms with Crippen molar-refractivity contribution in [3.63, 3.8) is 0 Å². The molecule has 5 bridgehead atoms. The summed E-state index contributed by atoms with van der Waals surface area (Å²) >= 11 is 0. The average molecular weight is 536 g/mol. The van der Waals surface area contributed by atoms with E-state index >= 15 is 0 Å². The van der Waals surface area contributed by atoms with Gasteiger partial charge in [-0.05, 0) is 74.6 Å². The number of fused-ring (bicyclic) bond motifs is 4. The molecule has 1 aromatic carbocycles. The lowest BCUT2D eigenvalue weighted by Gasteiger charge is -2.35. The second-order valence-corrected chi connectivity index (χ2v) is 11.1. The number of nitrogens with one attached hydrogen (secondary N) is 3. The van der Waals surface area contributed by atoms with E-state index in [1.807, 2.05) is 75.3 Å². The van der Waals surface area contributed by atoms with Gasteiger partial charge in [0.05, 0.1) is 5.69 Å². The molecule has 2 aromatic rings. The van der Waals surface area contributed by atoms with E-state index in [9.17, 15) is 14.4 Å². The first kappa shape index (κ1) is 28.7. The summed E-state index contributed by atoms with van der Waals surface area (Å²) in [6.07, 6.45) is 8.67. The molecule has 4 rings (SSSR count). The molecule has 2 amide bonds. The van der Waals surface area contributed by atoms with E-state index in [1.54, 1.807) is 0 Å². The van der Waals surface area contributed by atoms with E-state index < -0.39 is 18.2 Å².